The third-order valence-electron chi connectivity index (χ3n) is 7.30. The molecule has 0 aromatic carbocycles. The molecule has 41 heavy (non-hydrogen) atoms. The average Bonchev–Trinajstić information content (AvgIpc) is 3.72. The maximum atomic E-state index is 11.9. The molecule has 1 aliphatic heterocycles. The number of hydrogen-bond acceptors (Lipinski definition) is 6. The first-order valence-corrected chi connectivity index (χ1v) is 16.7. The minimum atomic E-state index is -0.984. The van der Waals surface area contributed by atoms with E-state index in [0.29, 0.717) is 31.5 Å². The highest BCUT2D eigenvalue weighted by atomic mass is 16.6. The summed E-state index contributed by atoms with van der Waals surface area (Å²) >= 11 is 0. The zero-order chi connectivity index (χ0) is 29.8. The second kappa shape index (κ2) is 26.9. The van der Waals surface area contributed by atoms with Crippen molar-refractivity contribution < 1.29 is 28.9 Å². The molecule has 0 spiro atoms. The number of allylic oxidation sites excluding steroid dienone is 5. The van der Waals surface area contributed by atoms with E-state index >= 15 is 0 Å². The van der Waals surface area contributed by atoms with Crippen LogP contribution >= 0.6 is 0 Å². The van der Waals surface area contributed by atoms with Crippen molar-refractivity contribution in [1.29, 1.82) is 0 Å². The van der Waals surface area contributed by atoms with Crippen LogP contribution in [-0.2, 0) is 23.8 Å². The lowest BCUT2D eigenvalue weighted by atomic mass is 10.1. The van der Waals surface area contributed by atoms with Gasteiger partial charge in [0.1, 0.15) is 19.3 Å². The van der Waals surface area contributed by atoms with Crippen LogP contribution < -0.4 is 0 Å². The molecule has 0 aromatic heterocycles. The summed E-state index contributed by atoms with van der Waals surface area (Å²) in [5.74, 6) is -0.639. The van der Waals surface area contributed by atoms with E-state index in [1.54, 1.807) is 0 Å². The van der Waals surface area contributed by atoms with Crippen molar-refractivity contribution in [3.63, 3.8) is 0 Å². The van der Waals surface area contributed by atoms with Gasteiger partial charge in [-0.25, -0.2) is 0 Å². The summed E-state index contributed by atoms with van der Waals surface area (Å²) in [6, 6.07) is 0. The number of unbranched alkanes of at least 4 members (excludes halogenated alkanes) is 11. The van der Waals surface area contributed by atoms with Crippen LogP contribution in [-0.4, -0.2) is 48.6 Å². The molecule has 1 heterocycles. The third kappa shape index (κ3) is 24.4. The number of hydrogen-bond donors (Lipinski definition) is 1. The van der Waals surface area contributed by atoms with Crippen LogP contribution in [0.1, 0.15) is 142 Å². The summed E-state index contributed by atoms with van der Waals surface area (Å²) in [6.07, 6.45) is 33.7. The smallest absolute Gasteiger partial charge is 0.305 e. The summed E-state index contributed by atoms with van der Waals surface area (Å²) in [7, 11) is 0. The Bertz CT molecular complexity index is 728. The SMILES string of the molecule is CCCCCCCCCCCC(=O)OC[C@H](O)COC(=O)CCC/C=C\C/C=C\C/C=C\CC1OC1CCCCC. The molecule has 2 unspecified atom stereocenters. The van der Waals surface area contributed by atoms with Crippen LogP contribution in [0.5, 0.6) is 0 Å². The van der Waals surface area contributed by atoms with Gasteiger partial charge in [-0.2, -0.15) is 0 Å². The molecule has 6 heteroatoms. The van der Waals surface area contributed by atoms with E-state index in [9.17, 15) is 14.7 Å². The quantitative estimate of drug-likeness (QED) is 0.0434. The zero-order valence-electron chi connectivity index (χ0n) is 26.2. The van der Waals surface area contributed by atoms with Crippen LogP contribution in [0.4, 0.5) is 0 Å². The van der Waals surface area contributed by atoms with E-state index in [1.165, 1.54) is 64.2 Å². The Balaban J connectivity index is 1.89. The van der Waals surface area contributed by atoms with Crippen LogP contribution in [0.2, 0.25) is 0 Å². The fourth-order valence-corrected chi connectivity index (χ4v) is 4.64. The summed E-state index contributed by atoms with van der Waals surface area (Å²) in [4.78, 5) is 23.7. The van der Waals surface area contributed by atoms with E-state index in [4.69, 9.17) is 14.2 Å². The Hall–Kier alpha value is -1.92. The molecule has 6 nitrogen and oxygen atoms in total. The second-order valence-corrected chi connectivity index (χ2v) is 11.3. The lowest BCUT2D eigenvalue weighted by Crippen LogP contribution is -2.25. The highest BCUT2D eigenvalue weighted by Crippen LogP contribution is 2.30. The first kappa shape index (κ1) is 37.1. The van der Waals surface area contributed by atoms with Crippen molar-refractivity contribution in [3.05, 3.63) is 36.5 Å². The highest BCUT2D eigenvalue weighted by molar-refractivity contribution is 5.69. The van der Waals surface area contributed by atoms with Gasteiger partial charge in [0, 0.05) is 12.8 Å². The molecule has 1 N–H and O–H groups in total. The first-order chi connectivity index (χ1) is 20.1. The van der Waals surface area contributed by atoms with E-state index in [0.717, 1.165) is 44.9 Å². The molecule has 0 bridgehead atoms. The highest BCUT2D eigenvalue weighted by Gasteiger charge is 2.36. The van der Waals surface area contributed by atoms with E-state index < -0.39 is 6.10 Å². The van der Waals surface area contributed by atoms with Gasteiger partial charge in [-0.1, -0.05) is 121 Å². The van der Waals surface area contributed by atoms with Gasteiger partial charge in [0.25, 0.3) is 0 Å². The molecule has 1 saturated heterocycles. The van der Waals surface area contributed by atoms with Crippen molar-refractivity contribution in [3.8, 4) is 0 Å². The van der Waals surface area contributed by atoms with Crippen LogP contribution in [0.25, 0.3) is 0 Å². The van der Waals surface area contributed by atoms with Gasteiger partial charge >= 0.3 is 11.9 Å². The minimum absolute atomic E-state index is 0.135. The molecular weight excluding hydrogens is 516 g/mol. The monoisotopic (exact) mass is 576 g/mol. The summed E-state index contributed by atoms with van der Waals surface area (Å²) in [5, 5.41) is 9.93. The Kier molecular flexibility index (Phi) is 24.4. The number of epoxide rings is 1. The van der Waals surface area contributed by atoms with Gasteiger partial charge < -0.3 is 19.3 Å². The minimum Gasteiger partial charge on any atom is -0.463 e. The largest absolute Gasteiger partial charge is 0.463 e. The zero-order valence-corrected chi connectivity index (χ0v) is 26.2. The number of rotatable bonds is 28. The first-order valence-electron chi connectivity index (χ1n) is 16.7. The maximum absolute atomic E-state index is 11.9. The predicted octanol–water partition coefficient (Wildman–Crippen LogP) is 8.71. The second-order valence-electron chi connectivity index (χ2n) is 11.3. The van der Waals surface area contributed by atoms with Crippen molar-refractivity contribution in [2.24, 2.45) is 0 Å². The number of aliphatic hydroxyl groups excluding tert-OH is 1. The molecular formula is C35H60O6. The number of carbonyl (C=O) groups excluding carboxylic acids is 2. The summed E-state index contributed by atoms with van der Waals surface area (Å²) in [5.41, 5.74) is 0. The molecule has 0 aliphatic carbocycles. The van der Waals surface area contributed by atoms with Gasteiger partial charge in [-0.3, -0.25) is 9.59 Å². The van der Waals surface area contributed by atoms with Crippen LogP contribution in [0.15, 0.2) is 36.5 Å². The lowest BCUT2D eigenvalue weighted by molar-refractivity contribution is -0.152. The summed E-state index contributed by atoms with van der Waals surface area (Å²) in [6.45, 7) is 4.17. The fraction of sp³-hybridized carbons (Fsp3) is 0.771. The van der Waals surface area contributed by atoms with Gasteiger partial charge in [0.05, 0.1) is 12.2 Å². The van der Waals surface area contributed by atoms with Gasteiger partial charge in [-0.05, 0) is 44.9 Å². The lowest BCUT2D eigenvalue weighted by Gasteiger charge is -2.12. The van der Waals surface area contributed by atoms with Crippen LogP contribution in [0, 0.1) is 0 Å². The Morgan fingerprint density at radius 1 is 0.659 bits per heavy atom. The van der Waals surface area contributed by atoms with E-state index in [1.807, 2.05) is 0 Å². The van der Waals surface area contributed by atoms with Crippen LogP contribution in [0.3, 0.4) is 0 Å². The summed E-state index contributed by atoms with van der Waals surface area (Å²) < 4.78 is 15.9. The van der Waals surface area contributed by atoms with Crippen molar-refractivity contribution in [1.82, 2.24) is 0 Å². The predicted molar refractivity (Wildman–Crippen MR) is 168 cm³/mol. The number of carbonyl (C=O) groups is 2. The van der Waals surface area contributed by atoms with E-state index in [-0.39, 0.29) is 25.2 Å². The van der Waals surface area contributed by atoms with Crippen molar-refractivity contribution in [2.45, 2.75) is 161 Å². The van der Waals surface area contributed by atoms with E-state index in [2.05, 4.69) is 50.3 Å². The molecule has 0 radical (unpaired) electrons. The molecule has 3 atom stereocenters. The molecule has 0 saturated carbocycles. The Morgan fingerprint density at radius 3 is 1.80 bits per heavy atom. The Labute approximate surface area is 251 Å². The normalized spacial score (nSPS) is 17.5. The van der Waals surface area contributed by atoms with Gasteiger partial charge in [0.15, 0.2) is 0 Å². The fourth-order valence-electron chi connectivity index (χ4n) is 4.64. The molecule has 1 rings (SSSR count). The Morgan fingerprint density at radius 2 is 1.17 bits per heavy atom. The maximum Gasteiger partial charge on any atom is 0.305 e. The van der Waals surface area contributed by atoms with Gasteiger partial charge in [-0.15, -0.1) is 0 Å². The third-order valence-corrected chi connectivity index (χ3v) is 7.30. The van der Waals surface area contributed by atoms with Gasteiger partial charge in [0.2, 0.25) is 0 Å². The number of aliphatic hydroxyl groups is 1. The molecule has 1 fully saturated rings. The average molecular weight is 577 g/mol. The molecule has 1 aliphatic rings. The standard InChI is InChI=1S/C35H60O6/c1-3-5-7-8-9-12-16-19-23-27-34(37)39-29-31(36)30-40-35(38)28-24-20-17-14-11-10-13-15-18-22-26-33-32(41-33)25-21-6-4-2/h10,13-14,17-18,22,31-33,36H,3-9,11-12,15-16,19-21,23-30H2,1-2H3/b13-10-,17-14-,22-18-/t31-,32?,33?/m0/s1. The van der Waals surface area contributed by atoms with Crippen molar-refractivity contribution in [2.75, 3.05) is 13.2 Å². The molecule has 236 valence electrons. The number of ether oxygens (including phenoxy) is 3. The molecule has 0 amide bonds. The molecule has 0 aromatic rings. The van der Waals surface area contributed by atoms with Crippen molar-refractivity contribution >= 4 is 11.9 Å². The number of esters is 2. The topological polar surface area (TPSA) is 85.4 Å².